The predicted molar refractivity (Wildman–Crippen MR) is 210 cm³/mol. The summed E-state index contributed by atoms with van der Waals surface area (Å²) in [5, 5.41) is 0. The van der Waals surface area contributed by atoms with Crippen LogP contribution in [0, 0.1) is 57.2 Å². The van der Waals surface area contributed by atoms with E-state index in [0.29, 0.717) is 32.5 Å². The highest BCUT2D eigenvalue weighted by molar-refractivity contribution is 5.66. The van der Waals surface area contributed by atoms with Gasteiger partial charge in [0.15, 0.2) is 0 Å². The van der Waals surface area contributed by atoms with Crippen molar-refractivity contribution in [2.75, 3.05) is 0 Å². The SMILES string of the molecule is C=Cc1ccc(C23CC4CC(C2)CC(C25CC6CC(C2)CC(C27CC8CC(CC(c9ccc(C=C)c(C=C)c9)(C8)C2)C7)(C6)C5)(C4)C3)cc1C=C. The Bertz CT molecular complexity index is 1660. The Morgan fingerprint density at radius 2 is 0.680 bits per heavy atom. The quantitative estimate of drug-likeness (QED) is 0.264. The van der Waals surface area contributed by atoms with Gasteiger partial charge >= 0.3 is 0 Å². The second-order valence-corrected chi connectivity index (χ2v) is 21.1. The molecule has 12 bridgehead atoms. The van der Waals surface area contributed by atoms with E-state index in [4.69, 9.17) is 0 Å². The third kappa shape index (κ3) is 3.90. The Hall–Kier alpha value is -2.60. The molecule has 0 aromatic heterocycles. The molecule has 0 heteroatoms. The summed E-state index contributed by atoms with van der Waals surface area (Å²) in [5.41, 5.74) is 11.4. The van der Waals surface area contributed by atoms with Gasteiger partial charge in [-0.15, -0.1) is 0 Å². The molecule has 0 heterocycles. The largest absolute Gasteiger partial charge is 0.0984 e. The summed E-state index contributed by atoms with van der Waals surface area (Å²) in [6.07, 6.45) is 35.7. The fourth-order valence-electron chi connectivity index (χ4n) is 18.5. The highest BCUT2D eigenvalue weighted by Gasteiger charge is 2.74. The molecule has 0 N–H and O–H groups in total. The molecule has 0 spiro atoms. The first-order chi connectivity index (χ1) is 24.2. The lowest BCUT2D eigenvalue weighted by Crippen LogP contribution is -2.69. The van der Waals surface area contributed by atoms with E-state index in [-0.39, 0.29) is 0 Å². The lowest BCUT2D eigenvalue weighted by atomic mass is 9.26. The topological polar surface area (TPSA) is 0 Å². The summed E-state index contributed by atoms with van der Waals surface area (Å²) >= 11 is 0. The molecule has 260 valence electrons. The predicted octanol–water partition coefficient (Wildman–Crippen LogP) is 13.2. The fraction of sp³-hybridized carbons (Fsp3) is 0.600. The molecule has 0 aliphatic heterocycles. The van der Waals surface area contributed by atoms with Crippen LogP contribution in [0.15, 0.2) is 62.7 Å². The van der Waals surface area contributed by atoms with Gasteiger partial charge < -0.3 is 0 Å². The number of rotatable bonds is 8. The second-order valence-electron chi connectivity index (χ2n) is 21.1. The van der Waals surface area contributed by atoms with E-state index in [1.807, 2.05) is 12.2 Å². The zero-order valence-electron chi connectivity index (χ0n) is 30.8. The van der Waals surface area contributed by atoms with Crippen LogP contribution in [0.2, 0.25) is 0 Å². The molecule has 0 saturated heterocycles. The van der Waals surface area contributed by atoms with Gasteiger partial charge in [-0.1, -0.05) is 87.0 Å². The van der Waals surface area contributed by atoms with E-state index in [1.165, 1.54) is 73.6 Å². The van der Waals surface area contributed by atoms with E-state index in [2.05, 4.69) is 74.9 Å². The Labute approximate surface area is 303 Å². The monoisotopic (exact) mass is 660 g/mol. The number of benzene rings is 2. The molecule has 0 radical (unpaired) electrons. The molecular formula is C50H60. The summed E-state index contributed by atoms with van der Waals surface area (Å²) in [6, 6.07) is 14.9. The number of hydrogen-bond donors (Lipinski definition) is 0. The molecule has 2 aromatic rings. The Morgan fingerprint density at radius 1 is 0.380 bits per heavy atom. The van der Waals surface area contributed by atoms with Crippen LogP contribution in [0.3, 0.4) is 0 Å². The lowest BCUT2D eigenvalue weighted by molar-refractivity contribution is -0.272. The zero-order valence-corrected chi connectivity index (χ0v) is 30.8. The summed E-state index contributed by atoms with van der Waals surface area (Å²) in [6.45, 7) is 16.7. The lowest BCUT2D eigenvalue weighted by Gasteiger charge is -2.78. The van der Waals surface area contributed by atoms with Crippen molar-refractivity contribution in [1.82, 2.24) is 0 Å². The van der Waals surface area contributed by atoms with E-state index in [9.17, 15) is 0 Å². The van der Waals surface area contributed by atoms with Gasteiger partial charge in [0, 0.05) is 0 Å². The van der Waals surface area contributed by atoms with Crippen LogP contribution in [0.5, 0.6) is 0 Å². The third-order valence-corrected chi connectivity index (χ3v) is 18.7. The molecule has 50 heavy (non-hydrogen) atoms. The second kappa shape index (κ2) is 10.1. The fourth-order valence-corrected chi connectivity index (χ4v) is 18.5. The Morgan fingerprint density at radius 3 is 1.00 bits per heavy atom. The van der Waals surface area contributed by atoms with E-state index < -0.39 is 0 Å². The Balaban J connectivity index is 0.997. The standard InChI is InChI=1S/C50H60/c1-5-39-9-11-43(16-41(39)7-3)45-18-33-13-34(19-45)23-47(22-33,30-45)49-26-37-15-38(27-49)29-50(28-37,32-49)48-24-35-14-36(25-48)21-46(20-35,31-48)44-12-10-40(6-2)42(8-4)17-44/h5-12,16-17,33-38H,1-4,13-15,18-32H2. The van der Waals surface area contributed by atoms with E-state index in [1.54, 1.807) is 75.3 Å². The van der Waals surface area contributed by atoms with Gasteiger partial charge in [-0.25, -0.2) is 0 Å². The van der Waals surface area contributed by atoms with Crippen molar-refractivity contribution in [3.63, 3.8) is 0 Å². The summed E-state index contributed by atoms with van der Waals surface area (Å²) in [5.74, 6) is 5.72. The molecule has 0 nitrogen and oxygen atoms in total. The first-order valence-corrected chi connectivity index (χ1v) is 21.0. The van der Waals surface area contributed by atoms with E-state index in [0.717, 1.165) is 35.5 Å². The molecule has 2 aromatic carbocycles. The molecule has 12 aliphatic carbocycles. The molecular weight excluding hydrogens is 601 g/mol. The van der Waals surface area contributed by atoms with Crippen molar-refractivity contribution in [1.29, 1.82) is 0 Å². The van der Waals surface area contributed by atoms with Crippen LogP contribution in [0.25, 0.3) is 24.3 Å². The third-order valence-electron chi connectivity index (χ3n) is 18.7. The zero-order chi connectivity index (χ0) is 33.7. The summed E-state index contributed by atoms with van der Waals surface area (Å²) in [4.78, 5) is 0. The molecule has 4 atom stereocenters. The van der Waals surface area contributed by atoms with Gasteiger partial charge in [-0.3, -0.25) is 0 Å². The maximum atomic E-state index is 4.24. The van der Waals surface area contributed by atoms with Crippen LogP contribution in [0.4, 0.5) is 0 Å². The molecule has 4 unspecified atom stereocenters. The van der Waals surface area contributed by atoms with Crippen LogP contribution >= 0.6 is 0 Å². The van der Waals surface area contributed by atoms with Crippen molar-refractivity contribution in [2.24, 2.45) is 57.2 Å². The molecule has 12 aliphatic rings. The van der Waals surface area contributed by atoms with Crippen LogP contribution < -0.4 is 0 Å². The Kier molecular flexibility index (Phi) is 6.24. The van der Waals surface area contributed by atoms with E-state index >= 15 is 0 Å². The van der Waals surface area contributed by atoms with Gasteiger partial charge in [0.2, 0.25) is 0 Å². The summed E-state index contributed by atoms with van der Waals surface area (Å²) < 4.78 is 0. The highest BCUT2D eigenvalue weighted by atomic mass is 14.8. The van der Waals surface area contributed by atoms with Gasteiger partial charge in [-0.05, 0) is 217 Å². The van der Waals surface area contributed by atoms with Crippen molar-refractivity contribution in [2.45, 2.75) is 126 Å². The average molecular weight is 661 g/mol. The molecule has 0 amide bonds. The van der Waals surface area contributed by atoms with Crippen LogP contribution in [-0.4, -0.2) is 0 Å². The van der Waals surface area contributed by atoms with Crippen LogP contribution in [0.1, 0.15) is 149 Å². The minimum absolute atomic E-state index is 0.378. The summed E-state index contributed by atoms with van der Waals surface area (Å²) in [7, 11) is 0. The average Bonchev–Trinajstić information content (AvgIpc) is 3.09. The first-order valence-electron chi connectivity index (χ1n) is 21.0. The normalized spacial score (nSPS) is 48.6. The first kappa shape index (κ1) is 31.0. The maximum Gasteiger partial charge on any atom is -0.00360 e. The minimum Gasteiger partial charge on any atom is -0.0984 e. The minimum atomic E-state index is 0.378. The van der Waals surface area contributed by atoms with Crippen LogP contribution in [-0.2, 0) is 10.8 Å². The number of hydrogen-bond acceptors (Lipinski definition) is 0. The van der Waals surface area contributed by atoms with Gasteiger partial charge in [0.25, 0.3) is 0 Å². The molecule has 12 saturated carbocycles. The van der Waals surface area contributed by atoms with Gasteiger partial charge in [0.05, 0.1) is 0 Å². The van der Waals surface area contributed by atoms with Gasteiger partial charge in [-0.2, -0.15) is 0 Å². The van der Waals surface area contributed by atoms with Crippen molar-refractivity contribution in [3.8, 4) is 0 Å². The highest BCUT2D eigenvalue weighted by Crippen LogP contribution is 2.83. The van der Waals surface area contributed by atoms with Crippen molar-refractivity contribution < 1.29 is 0 Å². The molecule has 14 rings (SSSR count). The van der Waals surface area contributed by atoms with Crippen molar-refractivity contribution in [3.05, 3.63) is 96.1 Å². The van der Waals surface area contributed by atoms with Crippen molar-refractivity contribution >= 4 is 24.3 Å². The smallest absolute Gasteiger partial charge is 0.00360 e. The van der Waals surface area contributed by atoms with Gasteiger partial charge in [0.1, 0.15) is 0 Å². The molecule has 12 fully saturated rings. The maximum absolute atomic E-state index is 4.24.